The molecule has 0 rings (SSSR count). The maximum Gasteiger partial charge on any atom is -0.00542 e. The summed E-state index contributed by atoms with van der Waals surface area (Å²) in [6.45, 7) is 3.55. The molecule has 0 aromatic heterocycles. The van der Waals surface area contributed by atoms with Gasteiger partial charge in [-0.2, -0.15) is 0 Å². The normalized spacial score (nSPS) is 18.1. The van der Waals surface area contributed by atoms with Crippen molar-refractivity contribution >= 4 is 160 Å². The van der Waals surface area contributed by atoms with Crippen LogP contribution in [-0.2, 0) is 0 Å². The molecule has 128 valence electrons. The minimum absolute atomic E-state index is 0.0493. The van der Waals surface area contributed by atoms with Gasteiger partial charge in [0.15, 0.2) is 0 Å². The minimum atomic E-state index is 0.0493. The van der Waals surface area contributed by atoms with Crippen molar-refractivity contribution in [2.24, 2.45) is 0 Å². The van der Waals surface area contributed by atoms with Gasteiger partial charge in [-0.25, -0.2) is 0 Å². The molecule has 14 unspecified atom stereocenters. The van der Waals surface area contributed by atoms with Gasteiger partial charge in [-0.05, 0) is 69.9 Å². The Hall–Kier alpha value is 8.60. The van der Waals surface area contributed by atoms with Crippen LogP contribution in [-0.4, -0.2) is 6.66 Å². The highest BCUT2D eigenvalue weighted by Crippen LogP contribution is 3.27. The van der Waals surface area contributed by atoms with Gasteiger partial charge >= 0.3 is 0 Å². The van der Waals surface area contributed by atoms with E-state index in [0.717, 1.165) is 7.96 Å². The molecule has 0 aromatic carbocycles. The third-order valence-corrected chi connectivity index (χ3v) is 129. The second-order valence-electron chi connectivity index (χ2n) is 3.29. The summed E-state index contributed by atoms with van der Waals surface area (Å²) in [7, 11) is 32.8. The van der Waals surface area contributed by atoms with E-state index >= 15 is 0 Å². The Bertz CT molecular complexity index is 251. The SMILES string of the molecule is CP(P(P(P)P)P(P)P)P(P(P)PP)P(P(P)P)P(P)P. The lowest BCUT2D eigenvalue weighted by molar-refractivity contribution is 2.50. The molecule has 0 saturated carbocycles. The summed E-state index contributed by atoms with van der Waals surface area (Å²) in [6, 6.07) is 0. The van der Waals surface area contributed by atoms with E-state index in [-0.39, 0.29) is 63.2 Å². The molecule has 0 amide bonds. The van der Waals surface area contributed by atoms with Crippen LogP contribution in [0.15, 0.2) is 0 Å². The molecule has 0 spiro atoms. The van der Waals surface area contributed by atoms with Crippen molar-refractivity contribution < 1.29 is 0 Å². The molecular formula is CH24P20. The number of hydrogen-bond acceptors (Lipinski definition) is 0. The van der Waals surface area contributed by atoms with E-state index < -0.39 is 0 Å². The van der Waals surface area contributed by atoms with E-state index in [2.05, 4.69) is 95.9 Å². The monoisotopic (exact) mass is 656 g/mol. The fourth-order valence-corrected chi connectivity index (χ4v) is 226. The van der Waals surface area contributed by atoms with Gasteiger partial charge in [0.1, 0.15) is 0 Å². The first-order chi connectivity index (χ1) is 9.56. The van der Waals surface area contributed by atoms with Gasteiger partial charge in [0, 0.05) is 0 Å². The fourth-order valence-electron chi connectivity index (χ4n) is 1.19. The van der Waals surface area contributed by atoms with E-state index in [1.54, 1.807) is 0 Å². The maximum atomic E-state index is 3.28. The van der Waals surface area contributed by atoms with Crippen LogP contribution < -0.4 is 0 Å². The molecule has 0 N–H and O–H groups in total. The third-order valence-electron chi connectivity index (χ3n) is 1.83. The average molecular weight is 656 g/mol. The van der Waals surface area contributed by atoms with Crippen LogP contribution in [0.2, 0.25) is 0 Å². The molecule has 0 saturated heterocycles. The maximum absolute atomic E-state index is 3.28. The zero-order valence-electron chi connectivity index (χ0n) is 11.3. The van der Waals surface area contributed by atoms with Crippen molar-refractivity contribution in [1.29, 1.82) is 0 Å². The second-order valence-corrected chi connectivity index (χ2v) is 81.6. The Morgan fingerprint density at radius 3 is 1.14 bits per heavy atom. The molecule has 0 bridgehead atoms. The molecule has 0 aliphatic heterocycles. The summed E-state index contributed by atoms with van der Waals surface area (Å²) in [5.41, 5.74) is 0. The zero-order chi connectivity index (χ0) is 16.9. The lowest BCUT2D eigenvalue weighted by Crippen LogP contribution is -1.60. The van der Waals surface area contributed by atoms with Crippen molar-refractivity contribution in [2.75, 3.05) is 6.66 Å². The van der Waals surface area contributed by atoms with Crippen LogP contribution in [0.4, 0.5) is 0 Å². The second kappa shape index (κ2) is 16.3. The van der Waals surface area contributed by atoms with E-state index in [1.165, 1.54) is 0 Å². The summed E-state index contributed by atoms with van der Waals surface area (Å²) in [4.78, 5) is 0. The summed E-state index contributed by atoms with van der Waals surface area (Å²) >= 11 is 0. The zero-order valence-corrected chi connectivity index (χ0v) is 31.9. The molecular weight excluding hydrogens is 631 g/mol. The lowest BCUT2D eigenvalue weighted by Gasteiger charge is -2.44. The predicted molar refractivity (Wildman–Crippen MR) is 174 cm³/mol. The molecule has 0 radical (unpaired) electrons. The molecule has 0 aromatic rings. The Kier molecular flexibility index (Phi) is 22.9. The Morgan fingerprint density at radius 1 is 0.571 bits per heavy atom. The highest BCUT2D eigenvalue weighted by Gasteiger charge is 2.40. The van der Waals surface area contributed by atoms with Gasteiger partial charge in [0.2, 0.25) is 0 Å². The van der Waals surface area contributed by atoms with Crippen LogP contribution in [0.25, 0.3) is 0 Å². The first-order valence-corrected chi connectivity index (χ1v) is 41.3. The van der Waals surface area contributed by atoms with Gasteiger partial charge in [0.25, 0.3) is 0 Å². The molecule has 20 heteroatoms. The highest BCUT2D eigenvalue weighted by molar-refractivity contribution is 9.31. The summed E-state index contributed by atoms with van der Waals surface area (Å²) < 4.78 is 0. The first kappa shape index (κ1) is 29.6. The molecule has 0 aliphatic rings. The van der Waals surface area contributed by atoms with Crippen LogP contribution in [0.3, 0.4) is 0 Å². The number of rotatable bonds is 9. The van der Waals surface area contributed by atoms with E-state index in [0.29, 0.717) is 0 Å². The first-order valence-electron chi connectivity index (χ1n) is 4.88. The standard InChI is InChI=1S/CH24P20/c1-13(19(14(3)4)15(5)6)20(18(11)12-2)21(16(7)8)17(9)10/h12H,2-11H2,1H3. The number of hydrogen-bond donors (Lipinski definition) is 0. The largest absolute Gasteiger partial charge is 0.109 e. The molecule has 0 aliphatic carbocycles. The Morgan fingerprint density at radius 2 is 0.905 bits per heavy atom. The van der Waals surface area contributed by atoms with Crippen LogP contribution in [0.1, 0.15) is 0 Å². The summed E-state index contributed by atoms with van der Waals surface area (Å²) in [5, 5.41) is 0. The Labute approximate surface area is 165 Å². The van der Waals surface area contributed by atoms with Crippen molar-refractivity contribution in [3.05, 3.63) is 0 Å². The average Bonchev–Trinajstić information content (AvgIpc) is 2.32. The predicted octanol–water partition coefficient (Wildman–Crippen LogP) is 11.8. The molecule has 0 fully saturated rings. The van der Waals surface area contributed by atoms with Gasteiger partial charge in [0.05, 0.1) is 0 Å². The van der Waals surface area contributed by atoms with Crippen molar-refractivity contribution in [3.63, 3.8) is 0 Å². The van der Waals surface area contributed by atoms with Crippen molar-refractivity contribution in [2.45, 2.75) is 0 Å². The van der Waals surface area contributed by atoms with Gasteiger partial charge in [-0.15, -0.1) is 89.3 Å². The quantitative estimate of drug-likeness (QED) is 0.217. The lowest BCUT2D eigenvalue weighted by atomic mass is 12.0. The Balaban J connectivity index is 5.58. The van der Waals surface area contributed by atoms with Crippen molar-refractivity contribution in [1.82, 2.24) is 0 Å². The van der Waals surface area contributed by atoms with Crippen LogP contribution >= 0.6 is 160 Å². The van der Waals surface area contributed by atoms with E-state index in [1.807, 2.05) is 0 Å². The summed E-state index contributed by atoms with van der Waals surface area (Å²) in [6.07, 6.45) is 0. The van der Waals surface area contributed by atoms with E-state index in [9.17, 15) is 0 Å². The van der Waals surface area contributed by atoms with Gasteiger partial charge in [-0.3, -0.25) is 0 Å². The van der Waals surface area contributed by atoms with Crippen LogP contribution in [0.5, 0.6) is 0 Å². The summed E-state index contributed by atoms with van der Waals surface area (Å²) in [5.74, 6) is 0. The topological polar surface area (TPSA) is 0 Å². The minimum Gasteiger partial charge on any atom is -0.109 e. The molecule has 21 heavy (non-hydrogen) atoms. The highest BCUT2D eigenvalue weighted by atomic mass is 33.4. The molecule has 0 nitrogen and oxygen atoms in total. The molecule has 14 atom stereocenters. The molecule has 0 heterocycles. The smallest absolute Gasteiger partial charge is 0.00542 e. The van der Waals surface area contributed by atoms with E-state index in [4.69, 9.17) is 0 Å². The fraction of sp³-hybridized carbons (Fsp3) is 1.00. The van der Waals surface area contributed by atoms with Gasteiger partial charge < -0.3 is 0 Å². The van der Waals surface area contributed by atoms with Gasteiger partial charge in [-0.1, -0.05) is 7.96 Å². The third kappa shape index (κ3) is 11.2. The van der Waals surface area contributed by atoms with Crippen LogP contribution in [0, 0.1) is 0 Å². The van der Waals surface area contributed by atoms with Crippen molar-refractivity contribution in [3.8, 4) is 0 Å².